The number of carbonyl (C=O) groups is 2. The van der Waals surface area contributed by atoms with Gasteiger partial charge >= 0.3 is 6.09 Å². The third kappa shape index (κ3) is 5.34. The van der Waals surface area contributed by atoms with Gasteiger partial charge in [0, 0.05) is 6.07 Å². The number of carbonyl (C=O) groups excluding carboxylic acids is 1. The first kappa shape index (κ1) is 23.0. The zero-order valence-corrected chi connectivity index (χ0v) is 18.5. The van der Waals surface area contributed by atoms with Crippen molar-refractivity contribution in [1.82, 2.24) is 20.2 Å². The van der Waals surface area contributed by atoms with Crippen molar-refractivity contribution in [3.8, 4) is 5.75 Å². The zero-order chi connectivity index (χ0) is 23.3. The van der Waals surface area contributed by atoms with Crippen molar-refractivity contribution in [2.24, 2.45) is 5.73 Å². The molecule has 5 N–H and O–H groups in total. The molecule has 11 nitrogen and oxygen atoms in total. The Morgan fingerprint density at radius 2 is 1.91 bits per heavy atom. The molecule has 0 radical (unpaired) electrons. The first-order chi connectivity index (χ1) is 15.3. The molecule has 2 heterocycles. The number of hydrogen-bond acceptors (Lipinski definition) is 8. The van der Waals surface area contributed by atoms with Gasteiger partial charge in [0.25, 0.3) is 5.91 Å². The first-order valence-electron chi connectivity index (χ1n) is 10.6. The highest BCUT2D eigenvalue weighted by atomic mass is 16.5. The van der Waals surface area contributed by atoms with E-state index in [1.54, 1.807) is 19.2 Å². The van der Waals surface area contributed by atoms with E-state index in [0.29, 0.717) is 11.6 Å². The molecule has 3 rings (SSSR count). The van der Waals surface area contributed by atoms with Crippen LogP contribution in [0, 0.1) is 0 Å². The Hall–Kier alpha value is -3.63. The maximum atomic E-state index is 11.9. The second kappa shape index (κ2) is 10.1. The fourth-order valence-electron chi connectivity index (χ4n) is 3.74. The number of hydrazine groups is 1. The number of hydrogen-bond donors (Lipinski definition) is 4. The van der Waals surface area contributed by atoms with Crippen molar-refractivity contribution in [1.29, 1.82) is 0 Å². The summed E-state index contributed by atoms with van der Waals surface area (Å²) in [6, 6.07) is 4.81. The van der Waals surface area contributed by atoms with Crippen molar-refractivity contribution in [3.05, 3.63) is 29.6 Å². The molecule has 1 saturated carbocycles. The molecule has 0 unspecified atom stereocenters. The quantitative estimate of drug-likeness (QED) is 0.448. The van der Waals surface area contributed by atoms with E-state index >= 15 is 0 Å². The number of methoxy groups -OCH3 is 1. The van der Waals surface area contributed by atoms with Crippen molar-refractivity contribution < 1.29 is 19.4 Å². The lowest BCUT2D eigenvalue weighted by atomic mass is 9.95. The van der Waals surface area contributed by atoms with Gasteiger partial charge < -0.3 is 20.9 Å². The molecule has 2 aromatic rings. The monoisotopic (exact) mass is 443 g/mol. The molecule has 1 fully saturated rings. The minimum atomic E-state index is -1.11. The van der Waals surface area contributed by atoms with Gasteiger partial charge in [-0.05, 0) is 30.9 Å². The molecule has 2 aromatic heterocycles. The highest BCUT2D eigenvalue weighted by Gasteiger charge is 2.26. The minimum absolute atomic E-state index is 0.0844. The van der Waals surface area contributed by atoms with Crippen LogP contribution < -0.4 is 21.2 Å². The van der Waals surface area contributed by atoms with Crippen LogP contribution in [0.2, 0.25) is 0 Å². The Kier molecular flexibility index (Phi) is 7.29. The second-order valence-corrected chi connectivity index (χ2v) is 7.98. The number of ether oxygens (including phenoxy) is 1. The van der Waals surface area contributed by atoms with Crippen LogP contribution in [0.15, 0.2) is 18.2 Å². The van der Waals surface area contributed by atoms with Crippen LogP contribution in [-0.4, -0.2) is 50.4 Å². The van der Waals surface area contributed by atoms with Crippen LogP contribution in [0.5, 0.6) is 5.75 Å². The van der Waals surface area contributed by atoms with Crippen LogP contribution >= 0.6 is 0 Å². The van der Waals surface area contributed by atoms with Crippen molar-refractivity contribution >= 4 is 29.3 Å². The van der Waals surface area contributed by atoms with E-state index in [1.165, 1.54) is 6.07 Å². The lowest BCUT2D eigenvalue weighted by Crippen LogP contribution is -2.44. The number of primary amides is 1. The predicted octanol–water partition coefficient (Wildman–Crippen LogP) is 3.49. The number of aromatic nitrogens is 3. The lowest BCUT2D eigenvalue weighted by Gasteiger charge is -2.32. The molecule has 2 amide bonds. The Morgan fingerprint density at radius 1 is 1.19 bits per heavy atom. The number of pyridine rings is 1. The van der Waals surface area contributed by atoms with Gasteiger partial charge in [-0.1, -0.05) is 33.1 Å². The van der Waals surface area contributed by atoms with Crippen LogP contribution in [0.1, 0.15) is 68.1 Å². The average Bonchev–Trinajstić information content (AvgIpc) is 2.77. The summed E-state index contributed by atoms with van der Waals surface area (Å²) in [6.07, 6.45) is 3.46. The Bertz CT molecular complexity index is 977. The van der Waals surface area contributed by atoms with E-state index < -0.39 is 12.0 Å². The molecule has 1 aliphatic carbocycles. The van der Waals surface area contributed by atoms with E-state index in [-0.39, 0.29) is 29.2 Å². The van der Waals surface area contributed by atoms with Gasteiger partial charge in [0.1, 0.15) is 11.6 Å². The smallest absolute Gasteiger partial charge is 0.426 e. The first-order valence-corrected chi connectivity index (χ1v) is 10.6. The SMILES string of the molecule is COc1ccc(Nc2cc(NN(C(=O)O)C3CCCCC3)nnc2C(N)=O)nc1C(C)C. The fourth-order valence-corrected chi connectivity index (χ4v) is 3.74. The number of carboxylic acid groups (broad SMARTS) is 1. The summed E-state index contributed by atoms with van der Waals surface area (Å²) in [6.45, 7) is 3.98. The number of anilines is 3. The standard InChI is InChI=1S/C21H29N7O4/c1-12(2)18-15(32-3)9-10-16(24-18)23-14-11-17(25-26-19(14)20(22)29)27-28(21(30)31)13-7-5-4-6-8-13/h9-13H,4-8H2,1-3H3,(H2,22,29)(H,30,31)(H2,23,24,25,27). The summed E-state index contributed by atoms with van der Waals surface area (Å²) in [5, 5.41) is 21.7. The highest BCUT2D eigenvalue weighted by molar-refractivity contribution is 5.97. The Morgan fingerprint density at radius 3 is 2.50 bits per heavy atom. The van der Waals surface area contributed by atoms with E-state index in [0.717, 1.165) is 42.8 Å². The second-order valence-electron chi connectivity index (χ2n) is 7.98. The molecular weight excluding hydrogens is 414 g/mol. The molecule has 0 spiro atoms. The highest BCUT2D eigenvalue weighted by Crippen LogP contribution is 2.29. The van der Waals surface area contributed by atoms with Crippen molar-refractivity contribution in [3.63, 3.8) is 0 Å². The number of nitrogens with one attached hydrogen (secondary N) is 2. The largest absolute Gasteiger partial charge is 0.495 e. The molecule has 0 saturated heterocycles. The van der Waals surface area contributed by atoms with Gasteiger partial charge in [-0.2, -0.15) is 0 Å². The molecular formula is C21H29N7O4. The van der Waals surface area contributed by atoms with Crippen LogP contribution in [-0.2, 0) is 0 Å². The number of rotatable bonds is 8. The molecule has 0 bridgehead atoms. The van der Waals surface area contributed by atoms with Gasteiger partial charge in [-0.25, -0.2) is 14.8 Å². The number of nitrogens with zero attached hydrogens (tertiary/aromatic N) is 4. The van der Waals surface area contributed by atoms with Gasteiger partial charge in [0.05, 0.1) is 24.5 Å². The third-order valence-corrected chi connectivity index (χ3v) is 5.32. The number of amides is 2. The molecule has 0 aliphatic heterocycles. The maximum Gasteiger partial charge on any atom is 0.426 e. The van der Waals surface area contributed by atoms with Crippen LogP contribution in [0.3, 0.4) is 0 Å². The van der Waals surface area contributed by atoms with Crippen LogP contribution in [0.25, 0.3) is 0 Å². The normalized spacial score (nSPS) is 14.1. The average molecular weight is 444 g/mol. The van der Waals surface area contributed by atoms with E-state index in [2.05, 4.69) is 25.9 Å². The van der Waals surface area contributed by atoms with E-state index in [4.69, 9.17) is 10.5 Å². The summed E-state index contributed by atoms with van der Waals surface area (Å²) in [5.74, 6) is 0.614. The summed E-state index contributed by atoms with van der Waals surface area (Å²) >= 11 is 0. The fraction of sp³-hybridized carbons (Fsp3) is 0.476. The summed E-state index contributed by atoms with van der Waals surface area (Å²) in [7, 11) is 1.58. The van der Waals surface area contributed by atoms with Gasteiger partial charge in [0.15, 0.2) is 11.5 Å². The van der Waals surface area contributed by atoms with Crippen molar-refractivity contribution in [2.75, 3.05) is 17.9 Å². The van der Waals surface area contributed by atoms with Gasteiger partial charge in [-0.15, -0.1) is 10.2 Å². The molecule has 0 aromatic carbocycles. The van der Waals surface area contributed by atoms with Gasteiger partial charge in [0.2, 0.25) is 0 Å². The van der Waals surface area contributed by atoms with Crippen molar-refractivity contribution in [2.45, 2.75) is 57.9 Å². The lowest BCUT2D eigenvalue weighted by molar-refractivity contribution is 0.0995. The minimum Gasteiger partial charge on any atom is -0.495 e. The predicted molar refractivity (Wildman–Crippen MR) is 119 cm³/mol. The molecule has 1 aliphatic rings. The van der Waals surface area contributed by atoms with E-state index in [1.807, 2.05) is 13.8 Å². The van der Waals surface area contributed by atoms with Crippen LogP contribution in [0.4, 0.5) is 22.1 Å². The third-order valence-electron chi connectivity index (χ3n) is 5.32. The number of nitrogens with two attached hydrogens (primary N) is 1. The molecule has 11 heteroatoms. The van der Waals surface area contributed by atoms with E-state index in [9.17, 15) is 14.7 Å². The molecule has 0 atom stereocenters. The Balaban J connectivity index is 1.90. The maximum absolute atomic E-state index is 11.9. The molecule has 172 valence electrons. The summed E-state index contributed by atoms with van der Waals surface area (Å²) in [4.78, 5) is 28.3. The molecule has 32 heavy (non-hydrogen) atoms. The van der Waals surface area contributed by atoms with Gasteiger partial charge in [-0.3, -0.25) is 10.2 Å². The summed E-state index contributed by atoms with van der Waals surface area (Å²) in [5.41, 5.74) is 9.20. The topological polar surface area (TPSA) is 156 Å². The zero-order valence-electron chi connectivity index (χ0n) is 18.5. The Labute approximate surface area is 186 Å². The summed E-state index contributed by atoms with van der Waals surface area (Å²) < 4.78 is 5.36.